The summed E-state index contributed by atoms with van der Waals surface area (Å²) in [5, 5.41) is 33.2. The maximum Gasteiger partial charge on any atom is 0.339 e. The molecular formula is C19H23NO7. The van der Waals surface area contributed by atoms with Crippen molar-refractivity contribution in [1.82, 2.24) is 0 Å². The number of carbonyl (C=O) groups excluding carboxylic acids is 1. The molecule has 4 N–H and O–H groups in total. The molecule has 2 heterocycles. The summed E-state index contributed by atoms with van der Waals surface area (Å²) in [6.07, 6.45) is -3.76. The standard InChI is InChI=1S/C19H23NO7/c1-8-15(9(2)22)12-5-4-11(6-13(12)27-19(8)25)20-16-10(3)26-14(7-21)17(23)18(16)24/h4-6,10,14,16-18,20-21,23-24H,7H2,1-3H3. The molecule has 0 spiro atoms. The van der Waals surface area contributed by atoms with Crippen LogP contribution in [0.25, 0.3) is 11.0 Å². The number of nitrogens with one attached hydrogen (secondary N) is 1. The summed E-state index contributed by atoms with van der Waals surface area (Å²) in [6.45, 7) is 4.26. The molecule has 146 valence electrons. The van der Waals surface area contributed by atoms with Gasteiger partial charge in [0.15, 0.2) is 5.78 Å². The zero-order valence-corrected chi connectivity index (χ0v) is 15.3. The van der Waals surface area contributed by atoms with E-state index in [0.717, 1.165) is 0 Å². The van der Waals surface area contributed by atoms with Crippen molar-refractivity contribution < 1.29 is 29.3 Å². The average molecular weight is 377 g/mol. The Hall–Kier alpha value is -2.26. The number of carbonyl (C=O) groups is 1. The summed E-state index contributed by atoms with van der Waals surface area (Å²) in [5.74, 6) is -0.228. The molecule has 8 nitrogen and oxygen atoms in total. The summed E-state index contributed by atoms with van der Waals surface area (Å²) in [4.78, 5) is 23.9. The third-order valence-corrected chi connectivity index (χ3v) is 4.99. The largest absolute Gasteiger partial charge is 0.422 e. The van der Waals surface area contributed by atoms with E-state index >= 15 is 0 Å². The van der Waals surface area contributed by atoms with Crippen molar-refractivity contribution in [2.24, 2.45) is 0 Å². The molecule has 1 fully saturated rings. The topological polar surface area (TPSA) is 129 Å². The molecule has 0 saturated carbocycles. The zero-order valence-electron chi connectivity index (χ0n) is 15.3. The van der Waals surface area contributed by atoms with E-state index in [-0.39, 0.29) is 16.9 Å². The first-order valence-electron chi connectivity index (χ1n) is 8.72. The van der Waals surface area contributed by atoms with Crippen LogP contribution in [-0.4, -0.2) is 58.2 Å². The number of ketones is 1. The van der Waals surface area contributed by atoms with E-state index in [4.69, 9.17) is 9.15 Å². The van der Waals surface area contributed by atoms with Crippen molar-refractivity contribution >= 4 is 22.4 Å². The van der Waals surface area contributed by atoms with E-state index in [1.54, 1.807) is 32.0 Å². The Bertz CT molecular complexity index is 922. The number of Topliss-reactive ketones (excluding diaryl/α,β-unsaturated/α-hetero) is 1. The van der Waals surface area contributed by atoms with Gasteiger partial charge in [0.1, 0.15) is 23.9 Å². The van der Waals surface area contributed by atoms with Gasteiger partial charge in [-0.25, -0.2) is 4.79 Å². The number of aliphatic hydroxyl groups excluding tert-OH is 3. The van der Waals surface area contributed by atoms with E-state index in [1.807, 2.05) is 0 Å². The number of fused-ring (bicyclic) bond motifs is 1. The van der Waals surface area contributed by atoms with E-state index in [1.165, 1.54) is 6.92 Å². The van der Waals surface area contributed by atoms with Gasteiger partial charge in [-0.05, 0) is 32.9 Å². The highest BCUT2D eigenvalue weighted by molar-refractivity contribution is 6.07. The van der Waals surface area contributed by atoms with Gasteiger partial charge in [0, 0.05) is 28.3 Å². The van der Waals surface area contributed by atoms with Gasteiger partial charge in [0.05, 0.1) is 18.8 Å². The van der Waals surface area contributed by atoms with Crippen LogP contribution in [0, 0.1) is 6.92 Å². The third kappa shape index (κ3) is 3.49. The Labute approximate surface area is 155 Å². The lowest BCUT2D eigenvalue weighted by Gasteiger charge is -2.41. The average Bonchev–Trinajstić information content (AvgIpc) is 2.62. The van der Waals surface area contributed by atoms with Gasteiger partial charge >= 0.3 is 5.63 Å². The van der Waals surface area contributed by atoms with Gasteiger partial charge in [0.2, 0.25) is 0 Å². The highest BCUT2D eigenvalue weighted by atomic mass is 16.5. The number of aliphatic hydroxyl groups is 3. The van der Waals surface area contributed by atoms with Gasteiger partial charge < -0.3 is 29.8 Å². The maximum absolute atomic E-state index is 12.0. The summed E-state index contributed by atoms with van der Waals surface area (Å²) < 4.78 is 10.8. The molecule has 0 aliphatic carbocycles. The number of hydrogen-bond acceptors (Lipinski definition) is 8. The van der Waals surface area contributed by atoms with Crippen LogP contribution < -0.4 is 10.9 Å². The molecule has 5 unspecified atom stereocenters. The lowest BCUT2D eigenvalue weighted by Crippen LogP contribution is -2.60. The van der Waals surface area contributed by atoms with Crippen molar-refractivity contribution in [2.45, 2.75) is 51.2 Å². The zero-order chi connectivity index (χ0) is 19.9. The molecule has 1 saturated heterocycles. The number of hydrogen-bond donors (Lipinski definition) is 4. The predicted molar refractivity (Wildman–Crippen MR) is 98.1 cm³/mol. The van der Waals surface area contributed by atoms with Crippen molar-refractivity contribution in [3.63, 3.8) is 0 Å². The third-order valence-electron chi connectivity index (χ3n) is 4.99. The fourth-order valence-electron chi connectivity index (χ4n) is 3.53. The van der Waals surface area contributed by atoms with Crippen LogP contribution in [0.15, 0.2) is 27.4 Å². The van der Waals surface area contributed by atoms with Crippen LogP contribution in [0.1, 0.15) is 29.8 Å². The van der Waals surface area contributed by atoms with E-state index in [0.29, 0.717) is 16.6 Å². The summed E-state index contributed by atoms with van der Waals surface area (Å²) in [6, 6.07) is 4.27. The van der Waals surface area contributed by atoms with Crippen molar-refractivity contribution in [1.29, 1.82) is 0 Å². The molecule has 0 bridgehead atoms. The fraction of sp³-hybridized carbons (Fsp3) is 0.474. The van der Waals surface area contributed by atoms with Crippen LogP contribution in [0.3, 0.4) is 0 Å². The van der Waals surface area contributed by atoms with Gasteiger partial charge in [-0.2, -0.15) is 0 Å². The van der Waals surface area contributed by atoms with Crippen LogP contribution in [0.5, 0.6) is 0 Å². The van der Waals surface area contributed by atoms with Crippen LogP contribution >= 0.6 is 0 Å². The van der Waals surface area contributed by atoms with Gasteiger partial charge in [-0.3, -0.25) is 4.79 Å². The van der Waals surface area contributed by atoms with Crippen LogP contribution in [0.4, 0.5) is 5.69 Å². The Morgan fingerprint density at radius 1 is 1.26 bits per heavy atom. The summed E-state index contributed by atoms with van der Waals surface area (Å²) in [7, 11) is 0. The smallest absolute Gasteiger partial charge is 0.339 e. The monoisotopic (exact) mass is 377 g/mol. The highest BCUT2D eigenvalue weighted by Crippen LogP contribution is 2.27. The Morgan fingerprint density at radius 2 is 1.96 bits per heavy atom. The molecule has 1 aromatic heterocycles. The van der Waals surface area contributed by atoms with E-state index in [9.17, 15) is 24.9 Å². The molecule has 0 radical (unpaired) electrons. The van der Waals surface area contributed by atoms with E-state index in [2.05, 4.69) is 5.32 Å². The molecule has 1 aromatic carbocycles. The quantitative estimate of drug-likeness (QED) is 0.450. The Morgan fingerprint density at radius 3 is 2.59 bits per heavy atom. The van der Waals surface area contributed by atoms with Gasteiger partial charge in [-0.15, -0.1) is 0 Å². The fourth-order valence-corrected chi connectivity index (χ4v) is 3.53. The van der Waals surface area contributed by atoms with Crippen molar-refractivity contribution in [3.8, 4) is 0 Å². The second kappa shape index (κ2) is 7.40. The molecule has 8 heteroatoms. The molecule has 2 aromatic rings. The van der Waals surface area contributed by atoms with Crippen molar-refractivity contribution in [3.05, 3.63) is 39.7 Å². The normalized spacial score (nSPS) is 28.3. The summed E-state index contributed by atoms with van der Waals surface area (Å²) in [5.41, 5.74) is 0.772. The first kappa shape index (κ1) is 19.5. The number of ether oxygens (including phenoxy) is 1. The SMILES string of the molecule is CC(=O)c1c(C)c(=O)oc2cc(NC3C(C)OC(CO)C(O)C3O)ccc12. The molecular weight excluding hydrogens is 354 g/mol. The Kier molecular flexibility index (Phi) is 5.34. The minimum absolute atomic E-state index is 0.228. The number of benzene rings is 1. The van der Waals surface area contributed by atoms with Crippen LogP contribution in [0.2, 0.25) is 0 Å². The molecule has 5 atom stereocenters. The molecule has 27 heavy (non-hydrogen) atoms. The Balaban J connectivity index is 1.96. The predicted octanol–water partition coefficient (Wildman–Crippen LogP) is 0.586. The van der Waals surface area contributed by atoms with Gasteiger partial charge in [0.25, 0.3) is 0 Å². The second-order valence-corrected chi connectivity index (χ2v) is 6.87. The van der Waals surface area contributed by atoms with Crippen LogP contribution in [-0.2, 0) is 4.74 Å². The van der Waals surface area contributed by atoms with E-state index < -0.39 is 42.7 Å². The molecule has 0 amide bonds. The molecule has 1 aliphatic rings. The minimum Gasteiger partial charge on any atom is -0.422 e. The van der Waals surface area contributed by atoms with Gasteiger partial charge in [-0.1, -0.05) is 0 Å². The minimum atomic E-state index is -1.24. The maximum atomic E-state index is 12.0. The second-order valence-electron chi connectivity index (χ2n) is 6.87. The first-order valence-corrected chi connectivity index (χ1v) is 8.72. The first-order chi connectivity index (χ1) is 12.7. The lowest BCUT2D eigenvalue weighted by atomic mass is 9.93. The molecule has 1 aliphatic heterocycles. The number of anilines is 1. The lowest BCUT2D eigenvalue weighted by molar-refractivity contribution is -0.180. The summed E-state index contributed by atoms with van der Waals surface area (Å²) >= 11 is 0. The highest BCUT2D eigenvalue weighted by Gasteiger charge is 2.42. The molecule has 3 rings (SSSR count). The number of rotatable bonds is 4. The van der Waals surface area contributed by atoms with Crippen molar-refractivity contribution in [2.75, 3.05) is 11.9 Å².